The molecule has 2 fully saturated rings. The number of nitrogens with zero attached hydrogens (tertiary/aromatic N) is 1. The maximum Gasteiger partial charge on any atom is 0.241 e. The number of rotatable bonds is 5. The van der Waals surface area contributed by atoms with Gasteiger partial charge in [-0.25, -0.2) is 0 Å². The Morgan fingerprint density at radius 3 is 2.83 bits per heavy atom. The van der Waals surface area contributed by atoms with Gasteiger partial charge in [-0.05, 0) is 26.2 Å². The molecule has 0 spiro atoms. The number of hydrogen-bond acceptors (Lipinski definition) is 3. The van der Waals surface area contributed by atoms with Crippen molar-refractivity contribution in [2.75, 3.05) is 13.2 Å². The molecule has 104 valence electrons. The molecule has 4 heteroatoms. The summed E-state index contributed by atoms with van der Waals surface area (Å²) in [6.07, 6.45) is 4.33. The first kappa shape index (κ1) is 13.8. The van der Waals surface area contributed by atoms with Crippen molar-refractivity contribution in [3.8, 4) is 0 Å². The first-order chi connectivity index (χ1) is 8.69. The highest BCUT2D eigenvalue weighted by molar-refractivity contribution is 5.84. The van der Waals surface area contributed by atoms with Gasteiger partial charge in [0.15, 0.2) is 0 Å². The van der Waals surface area contributed by atoms with E-state index in [0.717, 1.165) is 38.9 Å². The van der Waals surface area contributed by atoms with Gasteiger partial charge in [0.25, 0.3) is 0 Å². The Morgan fingerprint density at radius 1 is 1.50 bits per heavy atom. The summed E-state index contributed by atoms with van der Waals surface area (Å²) in [6.45, 7) is 8.08. The SMILES string of the molecule is CCCC1NC(CC)C(=O)N1C(C)C1CCOC1. The largest absolute Gasteiger partial charge is 0.381 e. The van der Waals surface area contributed by atoms with Crippen molar-refractivity contribution in [3.63, 3.8) is 0 Å². The molecule has 2 saturated heterocycles. The molecule has 4 unspecified atom stereocenters. The van der Waals surface area contributed by atoms with Gasteiger partial charge < -0.3 is 9.64 Å². The molecule has 18 heavy (non-hydrogen) atoms. The van der Waals surface area contributed by atoms with Crippen LogP contribution in [0.5, 0.6) is 0 Å². The fourth-order valence-electron chi connectivity index (χ4n) is 3.15. The first-order valence-corrected chi connectivity index (χ1v) is 7.35. The monoisotopic (exact) mass is 254 g/mol. The van der Waals surface area contributed by atoms with E-state index in [1.54, 1.807) is 0 Å². The summed E-state index contributed by atoms with van der Waals surface area (Å²) >= 11 is 0. The van der Waals surface area contributed by atoms with Gasteiger partial charge in [-0.3, -0.25) is 10.1 Å². The second-order valence-corrected chi connectivity index (χ2v) is 5.54. The standard InChI is InChI=1S/C14H26N2O2/c1-4-6-13-15-12(5-2)14(17)16(13)10(3)11-7-8-18-9-11/h10-13,15H,4-9H2,1-3H3. The molecule has 4 nitrogen and oxygen atoms in total. The van der Waals surface area contributed by atoms with Crippen LogP contribution < -0.4 is 5.32 Å². The van der Waals surface area contributed by atoms with E-state index in [9.17, 15) is 4.79 Å². The maximum absolute atomic E-state index is 12.4. The Balaban J connectivity index is 2.08. The van der Waals surface area contributed by atoms with Crippen molar-refractivity contribution in [2.45, 2.75) is 64.7 Å². The molecule has 0 aliphatic carbocycles. The van der Waals surface area contributed by atoms with Crippen molar-refractivity contribution in [1.82, 2.24) is 10.2 Å². The van der Waals surface area contributed by atoms with Crippen molar-refractivity contribution in [3.05, 3.63) is 0 Å². The van der Waals surface area contributed by atoms with E-state index in [0.29, 0.717) is 12.0 Å². The van der Waals surface area contributed by atoms with E-state index in [4.69, 9.17) is 4.74 Å². The van der Waals surface area contributed by atoms with Crippen LogP contribution in [0.2, 0.25) is 0 Å². The summed E-state index contributed by atoms with van der Waals surface area (Å²) in [5, 5.41) is 3.48. The van der Waals surface area contributed by atoms with E-state index in [1.807, 2.05) is 0 Å². The third-order valence-electron chi connectivity index (χ3n) is 4.34. The number of carbonyl (C=O) groups is 1. The Hall–Kier alpha value is -0.610. The second-order valence-electron chi connectivity index (χ2n) is 5.54. The number of hydrogen-bond donors (Lipinski definition) is 1. The van der Waals surface area contributed by atoms with Gasteiger partial charge in [-0.15, -0.1) is 0 Å². The Kier molecular flexibility index (Phi) is 4.62. The summed E-state index contributed by atoms with van der Waals surface area (Å²) in [6, 6.07) is 0.312. The third kappa shape index (κ3) is 2.54. The highest BCUT2D eigenvalue weighted by Crippen LogP contribution is 2.27. The minimum absolute atomic E-state index is 0.0197. The zero-order valence-corrected chi connectivity index (χ0v) is 11.8. The molecule has 0 aromatic heterocycles. The lowest BCUT2D eigenvalue weighted by atomic mass is 9.98. The molecule has 1 amide bonds. The molecule has 2 heterocycles. The quantitative estimate of drug-likeness (QED) is 0.812. The van der Waals surface area contributed by atoms with Crippen molar-refractivity contribution in [2.24, 2.45) is 5.92 Å². The predicted octanol–water partition coefficient (Wildman–Crippen LogP) is 1.75. The van der Waals surface area contributed by atoms with Crippen LogP contribution in [0.25, 0.3) is 0 Å². The summed E-state index contributed by atoms with van der Waals surface area (Å²) in [4.78, 5) is 14.5. The Bertz CT molecular complexity index is 290. The first-order valence-electron chi connectivity index (χ1n) is 7.35. The van der Waals surface area contributed by atoms with E-state index >= 15 is 0 Å². The van der Waals surface area contributed by atoms with Crippen LogP contribution in [0.3, 0.4) is 0 Å². The lowest BCUT2D eigenvalue weighted by Crippen LogP contribution is -2.46. The average molecular weight is 254 g/mol. The van der Waals surface area contributed by atoms with Crippen LogP contribution in [-0.2, 0) is 9.53 Å². The molecule has 1 N–H and O–H groups in total. The maximum atomic E-state index is 12.4. The number of carbonyl (C=O) groups excluding carboxylic acids is 1. The molecule has 0 bridgehead atoms. The lowest BCUT2D eigenvalue weighted by molar-refractivity contribution is -0.133. The van der Waals surface area contributed by atoms with Crippen LogP contribution in [0.15, 0.2) is 0 Å². The number of nitrogens with one attached hydrogen (secondary N) is 1. The topological polar surface area (TPSA) is 41.6 Å². The molecule has 2 rings (SSSR count). The zero-order valence-electron chi connectivity index (χ0n) is 11.8. The van der Waals surface area contributed by atoms with Crippen molar-refractivity contribution < 1.29 is 9.53 Å². The predicted molar refractivity (Wildman–Crippen MR) is 71.1 cm³/mol. The van der Waals surface area contributed by atoms with Crippen molar-refractivity contribution >= 4 is 5.91 Å². The zero-order chi connectivity index (χ0) is 13.1. The summed E-state index contributed by atoms with van der Waals surface area (Å²) in [7, 11) is 0. The highest BCUT2D eigenvalue weighted by Gasteiger charge is 2.42. The summed E-state index contributed by atoms with van der Waals surface area (Å²) < 4.78 is 5.46. The minimum atomic E-state index is 0.0197. The fraction of sp³-hybridized carbons (Fsp3) is 0.929. The van der Waals surface area contributed by atoms with Crippen LogP contribution in [0.4, 0.5) is 0 Å². The molecular formula is C14H26N2O2. The Labute approximate surface area is 110 Å². The molecule has 4 atom stereocenters. The van der Waals surface area contributed by atoms with Gasteiger partial charge in [0, 0.05) is 18.6 Å². The average Bonchev–Trinajstić information content (AvgIpc) is 2.97. The number of amides is 1. The van der Waals surface area contributed by atoms with Crippen LogP contribution in [0, 0.1) is 5.92 Å². The van der Waals surface area contributed by atoms with E-state index in [1.165, 1.54) is 0 Å². The lowest BCUT2D eigenvalue weighted by Gasteiger charge is -2.33. The fourth-order valence-corrected chi connectivity index (χ4v) is 3.15. The number of ether oxygens (including phenoxy) is 1. The molecule has 2 aliphatic rings. The molecule has 0 aromatic carbocycles. The molecule has 2 aliphatic heterocycles. The van der Waals surface area contributed by atoms with Crippen LogP contribution >= 0.6 is 0 Å². The third-order valence-corrected chi connectivity index (χ3v) is 4.34. The van der Waals surface area contributed by atoms with Crippen LogP contribution in [-0.4, -0.2) is 42.3 Å². The Morgan fingerprint density at radius 2 is 2.28 bits per heavy atom. The smallest absolute Gasteiger partial charge is 0.241 e. The molecular weight excluding hydrogens is 228 g/mol. The molecule has 0 aromatic rings. The van der Waals surface area contributed by atoms with E-state index in [-0.39, 0.29) is 18.1 Å². The highest BCUT2D eigenvalue weighted by atomic mass is 16.5. The van der Waals surface area contributed by atoms with E-state index in [2.05, 4.69) is 31.0 Å². The van der Waals surface area contributed by atoms with Gasteiger partial charge in [0.1, 0.15) is 0 Å². The normalized spacial score (nSPS) is 34.3. The summed E-state index contributed by atoms with van der Waals surface area (Å²) in [5.74, 6) is 0.793. The van der Waals surface area contributed by atoms with Gasteiger partial charge in [-0.2, -0.15) is 0 Å². The second kappa shape index (κ2) is 6.02. The van der Waals surface area contributed by atoms with Gasteiger partial charge in [0.2, 0.25) is 5.91 Å². The van der Waals surface area contributed by atoms with Crippen molar-refractivity contribution in [1.29, 1.82) is 0 Å². The minimum Gasteiger partial charge on any atom is -0.381 e. The van der Waals surface area contributed by atoms with Gasteiger partial charge in [0.05, 0.1) is 18.8 Å². The molecule has 0 radical (unpaired) electrons. The summed E-state index contributed by atoms with van der Waals surface area (Å²) in [5.41, 5.74) is 0. The van der Waals surface area contributed by atoms with Gasteiger partial charge in [-0.1, -0.05) is 20.3 Å². The van der Waals surface area contributed by atoms with E-state index < -0.39 is 0 Å². The van der Waals surface area contributed by atoms with Crippen LogP contribution in [0.1, 0.15) is 46.5 Å². The molecule has 0 saturated carbocycles. The van der Waals surface area contributed by atoms with Gasteiger partial charge >= 0.3 is 0 Å².